The van der Waals surface area contributed by atoms with E-state index in [0.717, 1.165) is 4.90 Å². The normalized spacial score (nSPS) is 10.1. The number of aliphatic carboxylic acids is 1. The molecule has 0 N–H and O–H groups in total. The van der Waals surface area contributed by atoms with Gasteiger partial charge in [-0.2, -0.15) is 0 Å². The molecule has 0 fully saturated rings. The Morgan fingerprint density at radius 3 is 1.39 bits per heavy atom. The highest BCUT2D eigenvalue weighted by Gasteiger charge is 2.16. The van der Waals surface area contributed by atoms with Crippen molar-refractivity contribution in [1.29, 1.82) is 0 Å². The molecular formula is C28H26O2S. The first-order valence-corrected chi connectivity index (χ1v) is 10.9. The van der Waals surface area contributed by atoms with Crippen molar-refractivity contribution in [2.75, 3.05) is 0 Å². The maximum absolute atomic E-state index is 9.49. The van der Waals surface area contributed by atoms with Crippen LogP contribution in [0.3, 0.4) is 0 Å². The van der Waals surface area contributed by atoms with Crippen LogP contribution in [-0.4, -0.2) is 5.97 Å². The summed E-state index contributed by atoms with van der Waals surface area (Å²) in [7, 11) is 0. The Morgan fingerprint density at radius 1 is 0.677 bits per heavy atom. The molecule has 4 rings (SSSR count). The highest BCUT2D eigenvalue weighted by molar-refractivity contribution is 7.59. The van der Waals surface area contributed by atoms with Gasteiger partial charge >= 0.3 is 0 Å². The van der Waals surface area contributed by atoms with Crippen LogP contribution < -0.4 is 5.11 Å². The molecule has 0 unspecified atom stereocenters. The number of hydrogen-bond acceptors (Lipinski definition) is 2. The summed E-state index contributed by atoms with van der Waals surface area (Å²) in [6.45, 7) is 1.80. The van der Waals surface area contributed by atoms with Crippen LogP contribution in [-0.2, 0) is 17.4 Å². The second kappa shape index (κ2) is 11.2. The van der Waals surface area contributed by atoms with Crippen LogP contribution in [0.5, 0.6) is 0 Å². The molecule has 0 aromatic heterocycles. The van der Waals surface area contributed by atoms with E-state index in [-0.39, 0.29) is 6.42 Å². The first-order valence-electron chi connectivity index (χ1n) is 10.4. The lowest BCUT2D eigenvalue weighted by molar-refractivity contribution is -0.305. The second-order valence-electron chi connectivity index (χ2n) is 7.17. The minimum atomic E-state index is -0.961. The third kappa shape index (κ3) is 6.09. The molecule has 2 nitrogen and oxygen atoms in total. The van der Waals surface area contributed by atoms with Gasteiger partial charge in [0.05, 0.1) is 0 Å². The van der Waals surface area contributed by atoms with Crippen LogP contribution >= 0.6 is 0 Å². The standard InChI is InChI=1S/C24H18S.C4H8O2/c25-24-22(19-12-6-2-7-13-19)16-21(18-10-4-1-5-11-18)17-23(24)20-14-8-3-9-15-20;1-2-3-4(5)6/h1-17,25H;2-3H2,1H3,(H,5,6). The minimum Gasteiger partial charge on any atom is -0.550 e. The molecule has 3 heteroatoms. The molecule has 0 aliphatic carbocycles. The van der Waals surface area contributed by atoms with Crippen molar-refractivity contribution in [3.05, 3.63) is 103 Å². The molecule has 0 aliphatic rings. The van der Waals surface area contributed by atoms with Crippen molar-refractivity contribution in [2.45, 2.75) is 24.7 Å². The first kappa shape index (κ1) is 22.4. The highest BCUT2D eigenvalue weighted by Crippen LogP contribution is 2.37. The van der Waals surface area contributed by atoms with Crippen LogP contribution in [0.15, 0.2) is 108 Å². The van der Waals surface area contributed by atoms with E-state index in [1.165, 1.54) is 33.4 Å². The number of carboxylic acid groups (broad SMARTS) is 1. The summed E-state index contributed by atoms with van der Waals surface area (Å²) in [5, 5.41) is 9.49. The number of hydrogen-bond donors (Lipinski definition) is 0. The average Bonchev–Trinajstić information content (AvgIpc) is 2.81. The number of carboxylic acids is 1. The number of benzene rings is 4. The average molecular weight is 427 g/mol. The summed E-state index contributed by atoms with van der Waals surface area (Å²) < 4.78 is 0. The lowest BCUT2D eigenvalue weighted by Gasteiger charge is -2.12. The van der Waals surface area contributed by atoms with E-state index in [2.05, 4.69) is 116 Å². The summed E-state index contributed by atoms with van der Waals surface area (Å²) >= 11 is 3.92. The molecule has 4 aromatic carbocycles. The largest absolute Gasteiger partial charge is 0.550 e. The Kier molecular flexibility index (Phi) is 8.08. The Bertz CT molecular complexity index is 1050. The molecule has 0 atom stereocenters. The van der Waals surface area contributed by atoms with Crippen LogP contribution in [0.2, 0.25) is 0 Å². The van der Waals surface area contributed by atoms with Gasteiger partial charge in [-0.05, 0) is 53.4 Å². The van der Waals surface area contributed by atoms with Gasteiger partial charge in [0.1, 0.15) is 0 Å². The zero-order valence-corrected chi connectivity index (χ0v) is 18.5. The molecule has 0 amide bonds. The van der Waals surface area contributed by atoms with E-state index in [0.29, 0.717) is 6.42 Å². The van der Waals surface area contributed by atoms with Gasteiger partial charge < -0.3 is 9.90 Å². The third-order valence-electron chi connectivity index (χ3n) is 4.87. The number of carbonyl (C=O) groups excluding carboxylic acids is 1. The SMILES string of the molecule is CCCC(=O)[O-].[SH2+]c1c(-c2ccccc2)cc(-c2ccccc2)cc1-c1ccccc1. The monoisotopic (exact) mass is 426 g/mol. The minimum absolute atomic E-state index is 0.181. The Morgan fingerprint density at radius 2 is 1.06 bits per heavy atom. The molecule has 0 radical (unpaired) electrons. The molecule has 0 spiro atoms. The molecular weight excluding hydrogens is 400 g/mol. The Labute approximate surface area is 189 Å². The van der Waals surface area contributed by atoms with Crippen LogP contribution in [0.25, 0.3) is 33.4 Å². The van der Waals surface area contributed by atoms with Gasteiger partial charge in [-0.3, -0.25) is 0 Å². The fourth-order valence-electron chi connectivity index (χ4n) is 3.33. The molecule has 0 aliphatic heterocycles. The topological polar surface area (TPSA) is 40.1 Å². The van der Waals surface area contributed by atoms with Crippen molar-refractivity contribution in [1.82, 2.24) is 0 Å². The van der Waals surface area contributed by atoms with E-state index in [1.54, 1.807) is 6.92 Å². The maximum atomic E-state index is 9.49. The van der Waals surface area contributed by atoms with Gasteiger partial charge in [0.15, 0.2) is 4.90 Å². The van der Waals surface area contributed by atoms with E-state index >= 15 is 0 Å². The lowest BCUT2D eigenvalue weighted by Crippen LogP contribution is -2.20. The van der Waals surface area contributed by atoms with E-state index in [1.807, 2.05) is 0 Å². The fourth-order valence-corrected chi connectivity index (χ4v) is 3.77. The van der Waals surface area contributed by atoms with E-state index in [9.17, 15) is 9.90 Å². The van der Waals surface area contributed by atoms with Gasteiger partial charge in [0.2, 0.25) is 0 Å². The van der Waals surface area contributed by atoms with Crippen LogP contribution in [0, 0.1) is 0 Å². The van der Waals surface area contributed by atoms with Crippen molar-refractivity contribution < 1.29 is 9.90 Å². The number of carbonyl (C=O) groups is 1. The van der Waals surface area contributed by atoms with Crippen LogP contribution in [0.1, 0.15) is 19.8 Å². The molecule has 31 heavy (non-hydrogen) atoms. The summed E-state index contributed by atoms with van der Waals surface area (Å²) in [6.07, 6.45) is 0.850. The van der Waals surface area contributed by atoms with Gasteiger partial charge in [-0.15, -0.1) is 0 Å². The molecule has 0 saturated heterocycles. The molecule has 0 bridgehead atoms. The first-order chi connectivity index (χ1) is 15.1. The maximum Gasteiger partial charge on any atom is 0.166 e. The molecule has 0 heterocycles. The lowest BCUT2D eigenvalue weighted by atomic mass is 9.93. The van der Waals surface area contributed by atoms with E-state index in [4.69, 9.17) is 0 Å². The molecule has 0 saturated carbocycles. The second-order valence-corrected chi connectivity index (χ2v) is 7.67. The quantitative estimate of drug-likeness (QED) is 0.390. The summed E-state index contributed by atoms with van der Waals surface area (Å²) in [4.78, 5) is 10.6. The predicted molar refractivity (Wildman–Crippen MR) is 131 cm³/mol. The van der Waals surface area contributed by atoms with Crippen molar-refractivity contribution in [2.24, 2.45) is 0 Å². The van der Waals surface area contributed by atoms with Crippen molar-refractivity contribution in [3.8, 4) is 33.4 Å². The molecule has 4 aromatic rings. The van der Waals surface area contributed by atoms with Gasteiger partial charge in [0.25, 0.3) is 0 Å². The van der Waals surface area contributed by atoms with Crippen molar-refractivity contribution in [3.63, 3.8) is 0 Å². The van der Waals surface area contributed by atoms with Gasteiger partial charge in [0, 0.05) is 17.1 Å². The predicted octanol–water partition coefficient (Wildman–Crippen LogP) is 5.59. The van der Waals surface area contributed by atoms with Crippen LogP contribution in [0.4, 0.5) is 0 Å². The molecule has 156 valence electrons. The zero-order valence-electron chi connectivity index (χ0n) is 17.5. The highest BCUT2D eigenvalue weighted by atomic mass is 32.1. The number of rotatable bonds is 5. The smallest absolute Gasteiger partial charge is 0.166 e. The fraction of sp³-hybridized carbons (Fsp3) is 0.107. The van der Waals surface area contributed by atoms with Gasteiger partial charge in [-0.1, -0.05) is 104 Å². The zero-order chi connectivity index (χ0) is 22.1. The summed E-state index contributed by atoms with van der Waals surface area (Å²) in [5.74, 6) is -0.961. The van der Waals surface area contributed by atoms with E-state index < -0.39 is 5.97 Å². The Balaban J connectivity index is 0.000000401. The van der Waals surface area contributed by atoms with Gasteiger partial charge in [-0.25, -0.2) is 0 Å². The third-order valence-corrected chi connectivity index (χ3v) is 5.41. The Hall–Kier alpha value is -3.30. The summed E-state index contributed by atoms with van der Waals surface area (Å²) in [5.41, 5.74) is 7.28. The van der Waals surface area contributed by atoms with Crippen molar-refractivity contribution >= 4 is 18.6 Å². The summed E-state index contributed by atoms with van der Waals surface area (Å²) in [6, 6.07) is 36.1.